The Balaban J connectivity index is 0.925. The highest BCUT2D eigenvalue weighted by Crippen LogP contribution is 2.41. The molecular weight excluding hydrogens is 651 g/mol. The number of halogens is 2. The predicted molar refractivity (Wildman–Crippen MR) is 193 cm³/mol. The van der Waals surface area contributed by atoms with E-state index in [0.29, 0.717) is 66.9 Å². The van der Waals surface area contributed by atoms with Gasteiger partial charge in [-0.2, -0.15) is 5.26 Å². The summed E-state index contributed by atoms with van der Waals surface area (Å²) >= 11 is 6.54. The van der Waals surface area contributed by atoms with E-state index in [1.54, 1.807) is 12.3 Å². The van der Waals surface area contributed by atoms with Crippen LogP contribution in [0.2, 0.25) is 5.02 Å². The zero-order valence-electron chi connectivity index (χ0n) is 28.0. The Bertz CT molecular complexity index is 2110. The van der Waals surface area contributed by atoms with Crippen molar-refractivity contribution in [1.82, 2.24) is 9.97 Å². The van der Waals surface area contributed by atoms with Crippen molar-refractivity contribution >= 4 is 39.8 Å². The molecule has 5 aromatic rings. The topological polar surface area (TPSA) is 99.1 Å². The minimum atomic E-state index is -0.408. The number of carbonyl (C=O) groups is 2. The number of hydrogen-bond acceptors (Lipinski definition) is 6. The number of aromatic amines is 1. The SMILES string of the molecule is Cc1c(N2CC(OCCCC(=O)CCc3ccc(-c4[nH]c5cc(F)cc6c5c4CCCC6=O)cc3)CC2c2cccnc2)ccc(C#N)c1Cl. The first-order valence-corrected chi connectivity index (χ1v) is 17.6. The van der Waals surface area contributed by atoms with Gasteiger partial charge in [0.05, 0.1) is 22.7 Å². The van der Waals surface area contributed by atoms with Gasteiger partial charge in [0.25, 0.3) is 0 Å². The second-order valence-electron chi connectivity index (χ2n) is 13.3. The van der Waals surface area contributed by atoms with Crippen LogP contribution < -0.4 is 4.90 Å². The molecule has 0 saturated carbocycles. The number of carbonyl (C=O) groups excluding carboxylic acids is 2. The Hall–Kier alpha value is -4.84. The number of rotatable bonds is 11. The molecule has 7 nitrogen and oxygen atoms in total. The van der Waals surface area contributed by atoms with E-state index < -0.39 is 5.82 Å². The number of ether oxygens (including phenoxy) is 1. The summed E-state index contributed by atoms with van der Waals surface area (Å²) in [7, 11) is 0. The number of benzene rings is 3. The van der Waals surface area contributed by atoms with Crippen LogP contribution >= 0.6 is 11.6 Å². The number of nitrogens with zero attached hydrogens (tertiary/aromatic N) is 3. The monoisotopic (exact) mass is 688 g/mol. The van der Waals surface area contributed by atoms with Crippen LogP contribution in [-0.4, -0.2) is 40.8 Å². The quantitative estimate of drug-likeness (QED) is 0.139. The molecule has 0 amide bonds. The van der Waals surface area contributed by atoms with Crippen LogP contribution in [0.5, 0.6) is 0 Å². The van der Waals surface area contributed by atoms with Gasteiger partial charge in [0.15, 0.2) is 5.78 Å². The smallest absolute Gasteiger partial charge is 0.163 e. The van der Waals surface area contributed by atoms with E-state index in [1.165, 1.54) is 12.1 Å². The van der Waals surface area contributed by atoms with Crippen LogP contribution in [0.4, 0.5) is 10.1 Å². The number of nitrogens with one attached hydrogen (secondary N) is 1. The molecule has 1 aliphatic heterocycles. The highest BCUT2D eigenvalue weighted by Gasteiger charge is 2.35. The van der Waals surface area contributed by atoms with Gasteiger partial charge in [-0.3, -0.25) is 14.6 Å². The Kier molecular flexibility index (Phi) is 9.80. The summed E-state index contributed by atoms with van der Waals surface area (Å²) < 4.78 is 20.6. The summed E-state index contributed by atoms with van der Waals surface area (Å²) in [6.45, 7) is 3.11. The fourth-order valence-corrected chi connectivity index (χ4v) is 7.76. The number of aromatic nitrogens is 2. The first kappa shape index (κ1) is 33.6. The fourth-order valence-electron chi connectivity index (χ4n) is 7.55. The third-order valence-corrected chi connectivity index (χ3v) is 10.6. The van der Waals surface area contributed by atoms with Gasteiger partial charge < -0.3 is 14.6 Å². The summed E-state index contributed by atoms with van der Waals surface area (Å²) in [6, 6.07) is 20.9. The van der Waals surface area contributed by atoms with Gasteiger partial charge in [0.2, 0.25) is 0 Å². The Morgan fingerprint density at radius 3 is 2.76 bits per heavy atom. The molecule has 3 aromatic carbocycles. The second kappa shape index (κ2) is 14.6. The number of pyridine rings is 1. The minimum absolute atomic E-state index is 0.00876. The Morgan fingerprint density at radius 1 is 1.14 bits per heavy atom. The first-order chi connectivity index (χ1) is 24.3. The number of nitriles is 1. The fraction of sp³-hybridized carbons (Fsp3) is 0.317. The molecule has 1 N–H and O–H groups in total. The van der Waals surface area contributed by atoms with Gasteiger partial charge >= 0.3 is 0 Å². The molecule has 1 saturated heterocycles. The lowest BCUT2D eigenvalue weighted by molar-refractivity contribution is -0.119. The average molecular weight is 689 g/mol. The highest BCUT2D eigenvalue weighted by molar-refractivity contribution is 6.32. The lowest BCUT2D eigenvalue weighted by Crippen LogP contribution is -2.26. The van der Waals surface area contributed by atoms with E-state index >= 15 is 0 Å². The van der Waals surface area contributed by atoms with Gasteiger partial charge in [-0.15, -0.1) is 0 Å². The van der Waals surface area contributed by atoms with E-state index in [2.05, 4.69) is 27.0 Å². The lowest BCUT2D eigenvalue weighted by atomic mass is 9.98. The number of Topliss-reactive ketones (excluding diaryl/α,β-unsaturated/α-hetero) is 2. The van der Waals surface area contributed by atoms with E-state index in [1.807, 2.05) is 49.5 Å². The summed E-state index contributed by atoms with van der Waals surface area (Å²) in [5.41, 5.74) is 8.58. The van der Waals surface area contributed by atoms with E-state index in [9.17, 15) is 19.2 Å². The molecule has 2 aromatic heterocycles. The zero-order chi connectivity index (χ0) is 34.8. The van der Waals surface area contributed by atoms with Gasteiger partial charge in [-0.25, -0.2) is 4.39 Å². The van der Waals surface area contributed by atoms with Gasteiger partial charge in [0, 0.05) is 72.7 Å². The molecule has 0 spiro atoms. The number of hydrogen-bond donors (Lipinski definition) is 1. The first-order valence-electron chi connectivity index (χ1n) is 17.3. The molecule has 1 fully saturated rings. The molecule has 0 radical (unpaired) electrons. The lowest BCUT2D eigenvalue weighted by Gasteiger charge is -2.28. The maximum atomic E-state index is 14.3. The normalized spacial score (nSPS) is 17.2. The van der Waals surface area contributed by atoms with Crippen molar-refractivity contribution in [3.8, 4) is 17.3 Å². The Labute approximate surface area is 296 Å². The van der Waals surface area contributed by atoms with Crippen LogP contribution in [-0.2, 0) is 22.4 Å². The van der Waals surface area contributed by atoms with Crippen LogP contribution in [0.1, 0.15) is 82.7 Å². The molecule has 2 atom stereocenters. The van der Waals surface area contributed by atoms with E-state index in [4.69, 9.17) is 16.3 Å². The average Bonchev–Trinajstić information content (AvgIpc) is 3.67. The van der Waals surface area contributed by atoms with E-state index in [0.717, 1.165) is 63.8 Å². The molecule has 2 unspecified atom stereocenters. The maximum absolute atomic E-state index is 14.3. The van der Waals surface area contributed by atoms with Crippen molar-refractivity contribution < 1.29 is 18.7 Å². The van der Waals surface area contributed by atoms with Gasteiger partial charge in [-0.1, -0.05) is 41.9 Å². The molecule has 50 heavy (non-hydrogen) atoms. The van der Waals surface area contributed by atoms with Gasteiger partial charge in [0.1, 0.15) is 17.7 Å². The minimum Gasteiger partial charge on any atom is -0.376 e. The standard InChI is InChI=1S/C41H38ClFN4O3/c1-25-36(16-14-28(22-44)40(25)42)47-24-32(21-37(47)29-5-3-17-45-23-29)50-18-4-6-31(48)15-11-26-9-12-27(13-10-26)41-33-7-2-8-38(49)34-19-30(43)20-35(46-41)39(33)34/h3,5,9-10,12-14,16-17,19-20,23,32,37,46H,2,4,6-8,11,15,18,21,24H2,1H3. The van der Waals surface area contributed by atoms with Crippen molar-refractivity contribution in [1.29, 1.82) is 5.26 Å². The molecule has 254 valence electrons. The third kappa shape index (κ3) is 6.81. The van der Waals surface area contributed by atoms with Crippen molar-refractivity contribution in [2.45, 2.75) is 70.4 Å². The molecule has 3 heterocycles. The summed E-state index contributed by atoms with van der Waals surface area (Å²) in [4.78, 5) is 35.5. The zero-order valence-corrected chi connectivity index (χ0v) is 28.7. The highest BCUT2D eigenvalue weighted by atomic mass is 35.5. The number of anilines is 1. The van der Waals surface area contributed by atoms with Crippen molar-refractivity contribution in [2.75, 3.05) is 18.1 Å². The summed E-state index contributed by atoms with van der Waals surface area (Å²) in [5.74, 6) is -0.211. The molecule has 2 aliphatic rings. The van der Waals surface area contributed by atoms with Crippen LogP contribution in [0, 0.1) is 24.1 Å². The van der Waals surface area contributed by atoms with Crippen molar-refractivity contribution in [2.24, 2.45) is 0 Å². The molecular formula is C41H38ClFN4O3. The maximum Gasteiger partial charge on any atom is 0.163 e. The van der Waals surface area contributed by atoms with Crippen molar-refractivity contribution in [3.63, 3.8) is 0 Å². The van der Waals surface area contributed by atoms with E-state index in [-0.39, 0.29) is 23.7 Å². The third-order valence-electron chi connectivity index (χ3n) is 10.1. The van der Waals surface area contributed by atoms with Gasteiger partial charge in [-0.05, 0) is 97.2 Å². The number of aryl methyl sites for hydroxylation is 2. The summed E-state index contributed by atoms with van der Waals surface area (Å²) in [6.07, 6.45) is 8.55. The summed E-state index contributed by atoms with van der Waals surface area (Å²) in [5, 5.41) is 10.7. The number of H-pyrrole nitrogens is 1. The van der Waals surface area contributed by atoms with Crippen LogP contribution in [0.15, 0.2) is 73.1 Å². The molecule has 1 aliphatic carbocycles. The molecule has 0 bridgehead atoms. The molecule has 9 heteroatoms. The predicted octanol–water partition coefficient (Wildman–Crippen LogP) is 9.04. The molecule has 7 rings (SSSR count). The number of ketones is 2. The second-order valence-corrected chi connectivity index (χ2v) is 13.7. The van der Waals surface area contributed by atoms with Crippen molar-refractivity contribution in [3.05, 3.63) is 117 Å². The van der Waals surface area contributed by atoms with Crippen LogP contribution in [0.3, 0.4) is 0 Å². The Morgan fingerprint density at radius 2 is 1.98 bits per heavy atom. The van der Waals surface area contributed by atoms with Crippen LogP contribution in [0.25, 0.3) is 22.2 Å². The largest absolute Gasteiger partial charge is 0.376 e.